The van der Waals surface area contributed by atoms with Crippen LogP contribution in [0.25, 0.3) is 0 Å². The molecule has 18 heavy (non-hydrogen) atoms. The SMILES string of the molecule is CCC(C)NC(=O)Cn1c(C(=O)O)cccc1=O. The summed E-state index contributed by atoms with van der Waals surface area (Å²) in [5.41, 5.74) is -0.698. The molecular weight excluding hydrogens is 236 g/mol. The van der Waals surface area contributed by atoms with Gasteiger partial charge in [0.1, 0.15) is 12.2 Å². The largest absolute Gasteiger partial charge is 0.477 e. The molecule has 0 fully saturated rings. The van der Waals surface area contributed by atoms with Gasteiger partial charge in [-0.3, -0.25) is 14.2 Å². The van der Waals surface area contributed by atoms with Crippen molar-refractivity contribution in [3.63, 3.8) is 0 Å². The molecule has 0 aliphatic rings. The molecule has 1 rings (SSSR count). The van der Waals surface area contributed by atoms with Crippen molar-refractivity contribution in [3.05, 3.63) is 34.2 Å². The first kappa shape index (κ1) is 14.0. The molecule has 0 aromatic carbocycles. The zero-order chi connectivity index (χ0) is 13.7. The summed E-state index contributed by atoms with van der Waals surface area (Å²) in [4.78, 5) is 34.1. The van der Waals surface area contributed by atoms with Crippen LogP contribution in [0.2, 0.25) is 0 Å². The van der Waals surface area contributed by atoms with Crippen LogP contribution in [0.4, 0.5) is 0 Å². The number of carboxylic acids is 1. The predicted octanol–water partition coefficient (Wildman–Crippen LogP) is 0.461. The van der Waals surface area contributed by atoms with Gasteiger partial charge in [0.15, 0.2) is 0 Å². The standard InChI is InChI=1S/C12H16N2O4/c1-3-8(2)13-10(15)7-14-9(12(17)18)5-4-6-11(14)16/h4-6,8H,3,7H2,1-2H3,(H,13,15)(H,17,18). The minimum absolute atomic E-state index is 0.00908. The van der Waals surface area contributed by atoms with E-state index in [1.54, 1.807) is 0 Å². The molecule has 0 spiro atoms. The number of nitrogens with zero attached hydrogens (tertiary/aromatic N) is 1. The van der Waals surface area contributed by atoms with Crippen LogP contribution in [0.5, 0.6) is 0 Å². The second kappa shape index (κ2) is 6.00. The molecule has 98 valence electrons. The second-order valence-corrected chi connectivity index (χ2v) is 4.02. The molecule has 0 saturated carbocycles. The summed E-state index contributed by atoms with van der Waals surface area (Å²) in [6.45, 7) is 3.47. The summed E-state index contributed by atoms with van der Waals surface area (Å²) >= 11 is 0. The molecule has 6 nitrogen and oxygen atoms in total. The fourth-order valence-electron chi connectivity index (χ4n) is 1.44. The Kier molecular flexibility index (Phi) is 4.65. The Morgan fingerprint density at radius 1 is 1.44 bits per heavy atom. The number of aromatic carboxylic acids is 1. The Balaban J connectivity index is 2.94. The van der Waals surface area contributed by atoms with E-state index in [9.17, 15) is 14.4 Å². The van der Waals surface area contributed by atoms with Crippen LogP contribution in [-0.2, 0) is 11.3 Å². The molecular formula is C12H16N2O4. The lowest BCUT2D eigenvalue weighted by atomic mass is 10.2. The zero-order valence-electron chi connectivity index (χ0n) is 10.3. The lowest BCUT2D eigenvalue weighted by Crippen LogP contribution is -2.38. The van der Waals surface area contributed by atoms with Crippen LogP contribution >= 0.6 is 0 Å². The first-order valence-corrected chi connectivity index (χ1v) is 5.68. The van der Waals surface area contributed by atoms with E-state index in [0.29, 0.717) is 0 Å². The van der Waals surface area contributed by atoms with Crippen LogP contribution in [0, 0.1) is 0 Å². The highest BCUT2D eigenvalue weighted by molar-refractivity contribution is 5.86. The molecule has 0 aliphatic carbocycles. The fraction of sp³-hybridized carbons (Fsp3) is 0.417. The smallest absolute Gasteiger partial charge is 0.352 e. The average molecular weight is 252 g/mol. The third-order valence-corrected chi connectivity index (χ3v) is 2.59. The number of aromatic nitrogens is 1. The van der Waals surface area contributed by atoms with Crippen molar-refractivity contribution in [2.75, 3.05) is 0 Å². The number of carbonyl (C=O) groups is 2. The zero-order valence-corrected chi connectivity index (χ0v) is 10.3. The molecule has 1 atom stereocenters. The van der Waals surface area contributed by atoms with Gasteiger partial charge in [-0.2, -0.15) is 0 Å². The fourth-order valence-corrected chi connectivity index (χ4v) is 1.44. The average Bonchev–Trinajstić information content (AvgIpc) is 2.31. The van der Waals surface area contributed by atoms with E-state index in [0.717, 1.165) is 11.0 Å². The van der Waals surface area contributed by atoms with Crippen molar-refractivity contribution >= 4 is 11.9 Å². The van der Waals surface area contributed by atoms with Gasteiger partial charge in [-0.25, -0.2) is 4.79 Å². The van der Waals surface area contributed by atoms with E-state index >= 15 is 0 Å². The van der Waals surface area contributed by atoms with Crippen LogP contribution < -0.4 is 10.9 Å². The van der Waals surface area contributed by atoms with Crippen LogP contribution in [0.1, 0.15) is 30.8 Å². The highest BCUT2D eigenvalue weighted by atomic mass is 16.4. The summed E-state index contributed by atoms with van der Waals surface area (Å²) in [6.07, 6.45) is 0.765. The first-order chi connectivity index (χ1) is 8.45. The number of carboxylic acid groups (broad SMARTS) is 1. The van der Waals surface area contributed by atoms with Gasteiger partial charge in [0, 0.05) is 12.1 Å². The molecule has 1 heterocycles. The highest BCUT2D eigenvalue weighted by Gasteiger charge is 2.14. The molecule has 0 aliphatic heterocycles. The number of pyridine rings is 1. The summed E-state index contributed by atoms with van der Waals surface area (Å²) in [6, 6.07) is 3.86. The lowest BCUT2D eigenvalue weighted by molar-refractivity contribution is -0.122. The predicted molar refractivity (Wildman–Crippen MR) is 65.6 cm³/mol. The van der Waals surface area contributed by atoms with E-state index in [2.05, 4.69) is 5.32 Å². The minimum atomic E-state index is -1.23. The normalized spacial score (nSPS) is 11.9. The van der Waals surface area contributed by atoms with E-state index in [1.165, 1.54) is 18.2 Å². The number of rotatable bonds is 5. The Hall–Kier alpha value is -2.11. The number of carbonyl (C=O) groups excluding carboxylic acids is 1. The van der Waals surface area contributed by atoms with Crippen LogP contribution in [0.3, 0.4) is 0 Å². The third kappa shape index (κ3) is 3.44. The minimum Gasteiger partial charge on any atom is -0.477 e. The van der Waals surface area contributed by atoms with Gasteiger partial charge >= 0.3 is 5.97 Å². The van der Waals surface area contributed by atoms with Crippen LogP contribution in [0.15, 0.2) is 23.0 Å². The molecule has 2 N–H and O–H groups in total. The van der Waals surface area contributed by atoms with Gasteiger partial charge in [-0.15, -0.1) is 0 Å². The molecule has 0 bridgehead atoms. The van der Waals surface area contributed by atoms with Crippen molar-refractivity contribution < 1.29 is 14.7 Å². The van der Waals surface area contributed by atoms with Gasteiger partial charge in [0.05, 0.1) is 0 Å². The maximum Gasteiger partial charge on any atom is 0.352 e. The molecule has 0 saturated heterocycles. The monoisotopic (exact) mass is 252 g/mol. The number of amides is 1. The van der Waals surface area contributed by atoms with Crippen molar-refractivity contribution in [1.82, 2.24) is 9.88 Å². The van der Waals surface area contributed by atoms with Gasteiger partial charge < -0.3 is 10.4 Å². The number of hydrogen-bond acceptors (Lipinski definition) is 3. The van der Waals surface area contributed by atoms with E-state index in [1.807, 2.05) is 13.8 Å². The van der Waals surface area contributed by atoms with Crippen molar-refractivity contribution in [2.24, 2.45) is 0 Å². The summed E-state index contributed by atoms with van der Waals surface area (Å²) in [7, 11) is 0. The number of hydrogen-bond donors (Lipinski definition) is 2. The molecule has 6 heteroatoms. The molecule has 1 unspecified atom stereocenters. The molecule has 0 radical (unpaired) electrons. The number of nitrogens with one attached hydrogen (secondary N) is 1. The molecule has 1 aromatic heterocycles. The van der Waals surface area contributed by atoms with Crippen molar-refractivity contribution in [3.8, 4) is 0 Å². The molecule has 1 amide bonds. The van der Waals surface area contributed by atoms with Gasteiger partial charge in [0.2, 0.25) is 5.91 Å². The second-order valence-electron chi connectivity index (χ2n) is 4.02. The van der Waals surface area contributed by atoms with E-state index in [4.69, 9.17) is 5.11 Å². The quantitative estimate of drug-likeness (QED) is 0.796. The maximum atomic E-state index is 11.6. The van der Waals surface area contributed by atoms with Crippen LogP contribution in [-0.4, -0.2) is 27.6 Å². The Bertz CT molecular complexity index is 507. The van der Waals surface area contributed by atoms with Gasteiger partial charge in [-0.1, -0.05) is 13.0 Å². The van der Waals surface area contributed by atoms with Gasteiger partial charge in [-0.05, 0) is 19.4 Å². The van der Waals surface area contributed by atoms with Crippen molar-refractivity contribution in [2.45, 2.75) is 32.9 Å². The molecule has 1 aromatic rings. The Labute approximate surface area is 104 Å². The Morgan fingerprint density at radius 3 is 2.67 bits per heavy atom. The van der Waals surface area contributed by atoms with Crippen molar-refractivity contribution in [1.29, 1.82) is 0 Å². The van der Waals surface area contributed by atoms with E-state index in [-0.39, 0.29) is 24.2 Å². The van der Waals surface area contributed by atoms with Gasteiger partial charge in [0.25, 0.3) is 5.56 Å². The summed E-state index contributed by atoms with van der Waals surface area (Å²) < 4.78 is 0.944. The first-order valence-electron chi connectivity index (χ1n) is 5.68. The lowest BCUT2D eigenvalue weighted by Gasteiger charge is -2.13. The highest BCUT2D eigenvalue weighted by Crippen LogP contribution is 1.97. The topological polar surface area (TPSA) is 88.4 Å². The summed E-state index contributed by atoms with van der Waals surface area (Å²) in [5, 5.41) is 11.6. The Morgan fingerprint density at radius 2 is 2.11 bits per heavy atom. The summed E-state index contributed by atoms with van der Waals surface area (Å²) in [5.74, 6) is -1.61. The van der Waals surface area contributed by atoms with E-state index < -0.39 is 11.5 Å². The third-order valence-electron chi connectivity index (χ3n) is 2.59. The maximum absolute atomic E-state index is 11.6.